The molecule has 0 amide bonds. The van der Waals surface area contributed by atoms with Crippen LogP contribution < -0.4 is 9.47 Å². The summed E-state index contributed by atoms with van der Waals surface area (Å²) >= 11 is 19.3. The molecule has 51 heavy (non-hydrogen) atoms. The third kappa shape index (κ3) is 14.1. The first kappa shape index (κ1) is 45.9. The normalized spacial score (nSPS) is 12.7. The van der Waals surface area contributed by atoms with Gasteiger partial charge in [-0.05, 0) is 57.4 Å². The second kappa shape index (κ2) is 22.1. The number of ketones is 1. The zero-order chi connectivity index (χ0) is 39.1. The standard InChI is InChI=1S/C20H27BrClNO5.C16H19BrClNO4/c1-6-27-15-9-12(21)8-13(17(15)22)18(25)14(19(26)28-7-2)10-23-16(11-24)20(3,4)5;1-5-22-13-8-10(17)7-11(14(13)18)15(20)12(9-19(3)4)16(21)23-6-2/h8-10,16,24-25H,6-7,11H2,1-5H3;7-9H,5-6H2,1-4H3/b;12-9-. The number of nitrogens with zero attached hydrogens (tertiary/aromatic N) is 2. The second-order valence-electron chi connectivity index (χ2n) is 11.8. The molecule has 2 rings (SSSR count). The van der Waals surface area contributed by atoms with E-state index in [4.69, 9.17) is 42.1 Å². The highest BCUT2D eigenvalue weighted by atomic mass is 79.9. The summed E-state index contributed by atoms with van der Waals surface area (Å²) in [7, 11) is 3.42. The average molecular weight is 881 g/mol. The molecule has 1 atom stereocenters. The zero-order valence-corrected chi connectivity index (χ0v) is 34.9. The minimum Gasteiger partial charge on any atom is -0.506 e. The van der Waals surface area contributed by atoms with Crippen molar-refractivity contribution in [3.05, 3.63) is 71.7 Å². The van der Waals surface area contributed by atoms with Crippen LogP contribution in [0.25, 0.3) is 5.76 Å². The molecule has 0 aliphatic rings. The van der Waals surface area contributed by atoms with Crippen molar-refractivity contribution >= 4 is 84.8 Å². The lowest BCUT2D eigenvalue weighted by molar-refractivity contribution is -0.138. The maximum atomic E-state index is 12.8. The number of aliphatic imine (C=N–C) groups is 1. The summed E-state index contributed by atoms with van der Waals surface area (Å²) in [5, 5.41) is 20.7. The van der Waals surface area contributed by atoms with Crippen molar-refractivity contribution in [2.45, 2.75) is 54.5 Å². The van der Waals surface area contributed by atoms with Crippen LogP contribution in [0.15, 0.2) is 55.5 Å². The maximum absolute atomic E-state index is 12.8. The maximum Gasteiger partial charge on any atom is 0.343 e. The molecule has 282 valence electrons. The van der Waals surface area contributed by atoms with E-state index in [1.54, 1.807) is 57.1 Å². The number of benzene rings is 2. The third-order valence-corrected chi connectivity index (χ3v) is 8.24. The van der Waals surface area contributed by atoms with Gasteiger partial charge in [-0.3, -0.25) is 9.79 Å². The molecule has 0 bridgehead atoms. The van der Waals surface area contributed by atoms with E-state index in [1.165, 1.54) is 12.4 Å². The highest BCUT2D eigenvalue weighted by Gasteiger charge is 2.27. The summed E-state index contributed by atoms with van der Waals surface area (Å²) in [6, 6.07) is 5.99. The van der Waals surface area contributed by atoms with Gasteiger partial charge in [-0.2, -0.15) is 0 Å². The van der Waals surface area contributed by atoms with Gasteiger partial charge in [0.25, 0.3) is 0 Å². The number of halogens is 4. The van der Waals surface area contributed by atoms with Crippen LogP contribution in [-0.4, -0.2) is 92.2 Å². The summed E-state index contributed by atoms with van der Waals surface area (Å²) in [5.41, 5.74) is -0.224. The molecule has 0 saturated heterocycles. The second-order valence-corrected chi connectivity index (χ2v) is 14.4. The largest absolute Gasteiger partial charge is 0.506 e. The van der Waals surface area contributed by atoms with Crippen molar-refractivity contribution in [2.75, 3.05) is 47.1 Å². The predicted octanol–water partition coefficient (Wildman–Crippen LogP) is 8.50. The lowest BCUT2D eigenvalue weighted by Gasteiger charge is -2.25. The van der Waals surface area contributed by atoms with Crippen molar-refractivity contribution in [1.82, 2.24) is 4.90 Å². The van der Waals surface area contributed by atoms with Crippen molar-refractivity contribution in [3.8, 4) is 11.5 Å². The number of ether oxygens (including phenoxy) is 4. The van der Waals surface area contributed by atoms with E-state index in [-0.39, 0.29) is 63.3 Å². The molecular weight excluding hydrogens is 835 g/mol. The molecule has 0 aliphatic heterocycles. The summed E-state index contributed by atoms with van der Waals surface area (Å²) in [5.74, 6) is -1.61. The van der Waals surface area contributed by atoms with Crippen LogP contribution in [0.4, 0.5) is 0 Å². The van der Waals surface area contributed by atoms with Crippen LogP contribution in [0.5, 0.6) is 11.5 Å². The molecule has 1 unspecified atom stereocenters. The van der Waals surface area contributed by atoms with E-state index in [9.17, 15) is 24.6 Å². The lowest BCUT2D eigenvalue weighted by Crippen LogP contribution is -2.28. The van der Waals surface area contributed by atoms with E-state index in [0.717, 1.165) is 0 Å². The van der Waals surface area contributed by atoms with Gasteiger partial charge in [0.15, 0.2) is 0 Å². The summed E-state index contributed by atoms with van der Waals surface area (Å²) in [6.45, 7) is 13.6. The number of carbonyl (C=O) groups excluding carboxylic acids is 3. The predicted molar refractivity (Wildman–Crippen MR) is 208 cm³/mol. The third-order valence-electron chi connectivity index (χ3n) is 6.54. The zero-order valence-electron chi connectivity index (χ0n) is 30.2. The Kier molecular flexibility index (Phi) is 19.9. The molecule has 15 heteroatoms. The number of aliphatic hydroxyl groups excluding tert-OH is 2. The Hall–Kier alpha value is -3.10. The number of aliphatic hydroxyl groups is 2. The molecule has 0 radical (unpaired) electrons. The molecule has 0 aromatic heterocycles. The Morgan fingerprint density at radius 1 is 0.843 bits per heavy atom. The smallest absolute Gasteiger partial charge is 0.343 e. The van der Waals surface area contributed by atoms with Crippen LogP contribution in [0, 0.1) is 5.41 Å². The van der Waals surface area contributed by atoms with Gasteiger partial charge < -0.3 is 34.1 Å². The molecular formula is C36H46Br2Cl2N2O9. The summed E-state index contributed by atoms with van der Waals surface area (Å²) in [4.78, 5) is 43.2. The Labute approximate surface area is 326 Å². The molecule has 0 aliphatic carbocycles. The molecule has 0 saturated carbocycles. The number of carbonyl (C=O) groups is 3. The Bertz CT molecular complexity index is 1620. The number of Topliss-reactive ketones (excluding diaryl/α,β-unsaturated/α-hetero) is 1. The fraction of sp³-hybridized carbons (Fsp3) is 0.444. The molecule has 0 fully saturated rings. The topological polar surface area (TPSA) is 144 Å². The van der Waals surface area contributed by atoms with Gasteiger partial charge in [0.1, 0.15) is 28.4 Å². The van der Waals surface area contributed by atoms with Gasteiger partial charge in [-0.25, -0.2) is 9.59 Å². The van der Waals surface area contributed by atoms with E-state index in [0.29, 0.717) is 33.7 Å². The van der Waals surface area contributed by atoms with Gasteiger partial charge in [-0.1, -0.05) is 75.8 Å². The van der Waals surface area contributed by atoms with Crippen LogP contribution >= 0.6 is 55.1 Å². The van der Waals surface area contributed by atoms with Gasteiger partial charge in [0.2, 0.25) is 5.78 Å². The van der Waals surface area contributed by atoms with Crippen molar-refractivity contribution in [3.63, 3.8) is 0 Å². The van der Waals surface area contributed by atoms with E-state index in [1.807, 2.05) is 34.6 Å². The molecule has 11 nitrogen and oxygen atoms in total. The first-order chi connectivity index (χ1) is 23.9. The number of esters is 2. The van der Waals surface area contributed by atoms with Crippen molar-refractivity contribution < 1.29 is 43.5 Å². The number of hydrogen-bond donors (Lipinski definition) is 2. The monoisotopic (exact) mass is 878 g/mol. The minimum atomic E-state index is -0.747. The fourth-order valence-corrected chi connectivity index (χ4v) is 5.45. The number of rotatable bonds is 15. The SMILES string of the molecule is CCOC(=O)/C(=C\N(C)C)C(=O)c1cc(Br)cc(OCC)c1Cl.CCOC(=O)C(C=NC(CO)C(C)(C)C)=C(O)c1cc(Br)cc(OCC)c1Cl. The number of hydrogen-bond acceptors (Lipinski definition) is 11. The van der Waals surface area contributed by atoms with Gasteiger partial charge in [0.05, 0.1) is 49.1 Å². The summed E-state index contributed by atoms with van der Waals surface area (Å²) < 4.78 is 22.1. The quantitative estimate of drug-likeness (QED) is 0.0340. The summed E-state index contributed by atoms with van der Waals surface area (Å²) in [6.07, 6.45) is 2.63. The van der Waals surface area contributed by atoms with Gasteiger partial charge in [-0.15, -0.1) is 0 Å². The minimum absolute atomic E-state index is 0.0979. The average Bonchev–Trinajstić information content (AvgIpc) is 3.04. The molecule has 2 N–H and O–H groups in total. The Balaban J connectivity index is 0.000000520. The first-order valence-electron chi connectivity index (χ1n) is 16.0. The van der Waals surface area contributed by atoms with Gasteiger partial charge >= 0.3 is 11.9 Å². The first-order valence-corrected chi connectivity index (χ1v) is 18.3. The fourth-order valence-electron chi connectivity index (χ4n) is 4.08. The highest BCUT2D eigenvalue weighted by Crippen LogP contribution is 2.37. The van der Waals surface area contributed by atoms with Crippen LogP contribution in [0.1, 0.15) is 64.4 Å². The van der Waals surface area contributed by atoms with Crippen molar-refractivity contribution in [2.24, 2.45) is 10.4 Å². The Morgan fingerprint density at radius 2 is 1.31 bits per heavy atom. The van der Waals surface area contributed by atoms with Gasteiger partial charge in [0, 0.05) is 46.6 Å². The Morgan fingerprint density at radius 3 is 1.75 bits per heavy atom. The highest BCUT2D eigenvalue weighted by molar-refractivity contribution is 9.10. The molecule has 0 spiro atoms. The van der Waals surface area contributed by atoms with Crippen molar-refractivity contribution in [1.29, 1.82) is 0 Å². The van der Waals surface area contributed by atoms with Crippen LogP contribution in [0.2, 0.25) is 10.0 Å². The molecule has 2 aromatic rings. The molecule has 0 heterocycles. The van der Waals surface area contributed by atoms with Crippen LogP contribution in [-0.2, 0) is 19.1 Å². The van der Waals surface area contributed by atoms with Crippen LogP contribution in [0.3, 0.4) is 0 Å². The van der Waals surface area contributed by atoms with E-state index in [2.05, 4.69) is 36.9 Å². The van der Waals surface area contributed by atoms with E-state index >= 15 is 0 Å². The molecule has 2 aromatic carbocycles. The van der Waals surface area contributed by atoms with E-state index < -0.39 is 23.8 Å². The lowest BCUT2D eigenvalue weighted by atomic mass is 9.88.